The van der Waals surface area contributed by atoms with Crippen molar-refractivity contribution in [2.24, 2.45) is 5.92 Å². The van der Waals surface area contributed by atoms with Crippen LogP contribution in [0.25, 0.3) is 11.0 Å². The number of carbonyl (C=O) groups excluding carboxylic acids is 2. The third kappa shape index (κ3) is 7.07. The molecule has 3 rings (SSSR count). The zero-order chi connectivity index (χ0) is 26.0. The fraction of sp³-hybridized carbons (Fsp3) is 0.560. The van der Waals surface area contributed by atoms with Crippen LogP contribution in [0.4, 0.5) is 19.3 Å². The maximum absolute atomic E-state index is 14.7. The molecule has 35 heavy (non-hydrogen) atoms. The standard InChI is InChI=1S/C25H31F2N5O3/c1-23(2,3)35-22(34)31-24(4,5)12-18(33)10-16-11-25(26,27)15-32(14-16)19-7-6-17(13-28)20-21(19)30-9-8-29-20/h6-9,16H,10-12,14-15H2,1-5H3,(H,31,34). The van der Waals surface area contributed by atoms with E-state index in [1.807, 2.05) is 6.07 Å². The lowest BCUT2D eigenvalue weighted by Crippen LogP contribution is -2.49. The Kier molecular flexibility index (Phi) is 7.29. The minimum absolute atomic E-state index is 0.0143. The summed E-state index contributed by atoms with van der Waals surface area (Å²) in [5.41, 5.74) is -0.0832. The van der Waals surface area contributed by atoms with E-state index in [0.717, 1.165) is 0 Å². The molecule has 1 unspecified atom stereocenters. The van der Waals surface area contributed by atoms with Crippen molar-refractivity contribution in [2.45, 2.75) is 70.9 Å². The number of hydrogen-bond donors (Lipinski definition) is 1. The lowest BCUT2D eigenvalue weighted by atomic mass is 9.87. The van der Waals surface area contributed by atoms with E-state index in [9.17, 15) is 23.6 Å². The molecular weight excluding hydrogens is 456 g/mol. The van der Waals surface area contributed by atoms with E-state index >= 15 is 0 Å². The summed E-state index contributed by atoms with van der Waals surface area (Å²) in [6.45, 7) is 8.32. The Bertz CT molecular complexity index is 1150. The third-order valence-corrected chi connectivity index (χ3v) is 5.55. The van der Waals surface area contributed by atoms with Crippen LogP contribution in [0.1, 0.15) is 59.4 Å². The predicted molar refractivity (Wildman–Crippen MR) is 127 cm³/mol. The van der Waals surface area contributed by atoms with E-state index in [1.54, 1.807) is 46.8 Å². The monoisotopic (exact) mass is 487 g/mol. The Labute approximate surface area is 203 Å². The summed E-state index contributed by atoms with van der Waals surface area (Å²) in [7, 11) is 0. The first kappa shape index (κ1) is 26.3. The molecule has 1 fully saturated rings. The number of nitriles is 1. The molecule has 1 aliphatic rings. The van der Waals surface area contributed by atoms with E-state index < -0.39 is 42.0 Å². The molecule has 0 bridgehead atoms. The number of halogens is 2. The quantitative estimate of drug-likeness (QED) is 0.634. The van der Waals surface area contributed by atoms with Crippen LogP contribution < -0.4 is 10.2 Å². The highest BCUT2D eigenvalue weighted by Gasteiger charge is 2.42. The largest absolute Gasteiger partial charge is 0.444 e. The van der Waals surface area contributed by atoms with E-state index in [-0.39, 0.29) is 25.2 Å². The molecule has 2 aromatic rings. The summed E-state index contributed by atoms with van der Waals surface area (Å²) in [5, 5.41) is 12.0. The number of fused-ring (bicyclic) bond motifs is 1. The van der Waals surface area contributed by atoms with Crippen LogP contribution in [-0.2, 0) is 9.53 Å². The molecule has 1 saturated heterocycles. The van der Waals surface area contributed by atoms with Gasteiger partial charge in [0.2, 0.25) is 0 Å². The minimum atomic E-state index is -3.00. The molecule has 1 atom stereocenters. The van der Waals surface area contributed by atoms with Gasteiger partial charge in [-0.3, -0.25) is 14.8 Å². The molecule has 0 spiro atoms. The van der Waals surface area contributed by atoms with Gasteiger partial charge in [-0.1, -0.05) is 0 Å². The van der Waals surface area contributed by atoms with E-state index in [4.69, 9.17) is 4.74 Å². The predicted octanol–water partition coefficient (Wildman–Crippen LogP) is 4.62. The first-order chi connectivity index (χ1) is 16.2. The van der Waals surface area contributed by atoms with Crippen molar-refractivity contribution in [1.82, 2.24) is 15.3 Å². The van der Waals surface area contributed by atoms with E-state index in [2.05, 4.69) is 15.3 Å². The van der Waals surface area contributed by atoms with Crippen molar-refractivity contribution in [2.75, 3.05) is 18.0 Å². The molecule has 0 aliphatic carbocycles. The number of amides is 1. The van der Waals surface area contributed by atoms with Gasteiger partial charge >= 0.3 is 6.09 Å². The molecule has 0 radical (unpaired) electrons. The summed E-state index contributed by atoms with van der Waals surface area (Å²) >= 11 is 0. The zero-order valence-electron chi connectivity index (χ0n) is 20.7. The maximum Gasteiger partial charge on any atom is 0.408 e. The number of alkyl carbamates (subject to hydrolysis) is 1. The first-order valence-corrected chi connectivity index (χ1v) is 11.5. The summed E-state index contributed by atoms with van der Waals surface area (Å²) in [6.07, 6.45) is 1.79. The number of ether oxygens (including phenoxy) is 1. The highest BCUT2D eigenvalue weighted by atomic mass is 19.3. The molecule has 1 N–H and O–H groups in total. The smallest absolute Gasteiger partial charge is 0.408 e. The average Bonchev–Trinajstić information content (AvgIpc) is 2.69. The lowest BCUT2D eigenvalue weighted by molar-refractivity contribution is -0.122. The maximum atomic E-state index is 14.7. The molecule has 8 nitrogen and oxygen atoms in total. The van der Waals surface area contributed by atoms with Gasteiger partial charge in [0.1, 0.15) is 28.5 Å². The Morgan fingerprint density at radius 2 is 1.86 bits per heavy atom. The number of aromatic nitrogens is 2. The molecule has 1 aliphatic heterocycles. The summed E-state index contributed by atoms with van der Waals surface area (Å²) < 4.78 is 34.7. The first-order valence-electron chi connectivity index (χ1n) is 11.5. The van der Waals surface area contributed by atoms with Crippen molar-refractivity contribution >= 4 is 28.6 Å². The molecular formula is C25H31F2N5O3. The molecule has 188 valence electrons. The lowest BCUT2D eigenvalue weighted by Gasteiger charge is -2.39. The van der Waals surface area contributed by atoms with Crippen LogP contribution in [0.3, 0.4) is 0 Å². The molecule has 10 heteroatoms. The van der Waals surface area contributed by atoms with Gasteiger partial charge in [0, 0.05) is 43.7 Å². The van der Waals surface area contributed by atoms with Gasteiger partial charge < -0.3 is 15.0 Å². The Hall–Kier alpha value is -3.35. The van der Waals surface area contributed by atoms with Crippen molar-refractivity contribution in [1.29, 1.82) is 5.26 Å². The van der Waals surface area contributed by atoms with Crippen LogP contribution in [-0.4, -0.2) is 52.0 Å². The van der Waals surface area contributed by atoms with Crippen molar-refractivity contribution in [3.05, 3.63) is 30.1 Å². The van der Waals surface area contributed by atoms with Gasteiger partial charge in [-0.05, 0) is 52.7 Å². The Balaban J connectivity index is 1.73. The highest BCUT2D eigenvalue weighted by molar-refractivity contribution is 5.92. The van der Waals surface area contributed by atoms with Crippen molar-refractivity contribution in [3.8, 4) is 6.07 Å². The zero-order valence-corrected chi connectivity index (χ0v) is 20.7. The normalized spacial score (nSPS) is 18.1. The van der Waals surface area contributed by atoms with Crippen LogP contribution in [0.15, 0.2) is 24.5 Å². The number of hydrogen-bond acceptors (Lipinski definition) is 7. The second kappa shape index (κ2) is 9.72. The van der Waals surface area contributed by atoms with Crippen LogP contribution in [0, 0.1) is 17.2 Å². The number of rotatable bonds is 6. The minimum Gasteiger partial charge on any atom is -0.444 e. The summed E-state index contributed by atoms with van der Waals surface area (Å²) in [4.78, 5) is 34.9. The number of alkyl halides is 2. The average molecular weight is 488 g/mol. The van der Waals surface area contributed by atoms with Crippen molar-refractivity contribution in [3.63, 3.8) is 0 Å². The van der Waals surface area contributed by atoms with E-state index in [1.165, 1.54) is 17.3 Å². The summed E-state index contributed by atoms with van der Waals surface area (Å²) in [5.74, 6) is -3.82. The van der Waals surface area contributed by atoms with Crippen LogP contribution >= 0.6 is 0 Å². The second-order valence-electron chi connectivity index (χ2n) is 10.7. The second-order valence-corrected chi connectivity index (χ2v) is 10.7. The number of ketones is 1. The van der Waals surface area contributed by atoms with Gasteiger partial charge in [0.25, 0.3) is 5.92 Å². The van der Waals surface area contributed by atoms with Gasteiger partial charge in [-0.2, -0.15) is 5.26 Å². The fourth-order valence-electron chi connectivity index (χ4n) is 4.43. The fourth-order valence-corrected chi connectivity index (χ4v) is 4.43. The molecule has 1 aromatic carbocycles. The van der Waals surface area contributed by atoms with Gasteiger partial charge in [0.05, 0.1) is 17.8 Å². The molecule has 0 saturated carbocycles. The SMILES string of the molecule is CC(C)(CC(=O)CC1CN(c2ccc(C#N)c3nccnc23)CC(F)(F)C1)NC(=O)OC(C)(C)C. The third-order valence-electron chi connectivity index (χ3n) is 5.55. The van der Waals surface area contributed by atoms with Crippen LogP contribution in [0.2, 0.25) is 0 Å². The summed E-state index contributed by atoms with van der Waals surface area (Å²) in [6, 6.07) is 5.19. The number of piperidine rings is 1. The number of benzene rings is 1. The molecule has 2 heterocycles. The highest BCUT2D eigenvalue weighted by Crippen LogP contribution is 2.37. The number of Topliss-reactive ketones (excluding diaryl/α,β-unsaturated/α-hetero) is 1. The number of carbonyl (C=O) groups is 2. The van der Waals surface area contributed by atoms with Crippen LogP contribution in [0.5, 0.6) is 0 Å². The van der Waals surface area contributed by atoms with Gasteiger partial charge in [-0.15, -0.1) is 0 Å². The topological polar surface area (TPSA) is 108 Å². The number of anilines is 1. The molecule has 1 amide bonds. The van der Waals surface area contributed by atoms with Crippen molar-refractivity contribution < 1.29 is 23.1 Å². The Morgan fingerprint density at radius 3 is 2.49 bits per heavy atom. The number of nitrogens with one attached hydrogen (secondary N) is 1. The molecule has 1 aromatic heterocycles. The number of nitrogens with zero attached hydrogens (tertiary/aromatic N) is 4. The van der Waals surface area contributed by atoms with Gasteiger partial charge in [-0.25, -0.2) is 13.6 Å². The van der Waals surface area contributed by atoms with Gasteiger partial charge in [0.15, 0.2) is 0 Å². The van der Waals surface area contributed by atoms with E-state index in [0.29, 0.717) is 22.3 Å². The Morgan fingerprint density at radius 1 is 1.20 bits per heavy atom.